The number of rotatable bonds is 5. The van der Waals surface area contributed by atoms with Gasteiger partial charge in [-0.15, -0.1) is 11.3 Å². The third kappa shape index (κ3) is 4.29. The maximum atomic E-state index is 12.3. The summed E-state index contributed by atoms with van der Waals surface area (Å²) in [6.45, 7) is 8.01. The number of benzene rings is 1. The van der Waals surface area contributed by atoms with Gasteiger partial charge in [0.25, 0.3) is 0 Å². The number of hydrogen-bond donors (Lipinski definition) is 2. The Morgan fingerprint density at radius 1 is 1.24 bits per heavy atom. The van der Waals surface area contributed by atoms with Gasteiger partial charge in [-0.1, -0.05) is 13.0 Å². The summed E-state index contributed by atoms with van der Waals surface area (Å²) < 4.78 is 0. The van der Waals surface area contributed by atoms with E-state index >= 15 is 0 Å². The van der Waals surface area contributed by atoms with Crippen LogP contribution in [0.1, 0.15) is 30.2 Å². The largest absolute Gasteiger partial charge is 0.374 e. The van der Waals surface area contributed by atoms with E-state index in [9.17, 15) is 4.79 Å². The number of thiazole rings is 1. The Kier molecular flexibility index (Phi) is 4.96. The van der Waals surface area contributed by atoms with Gasteiger partial charge in [0.15, 0.2) is 5.13 Å². The van der Waals surface area contributed by atoms with Crippen molar-refractivity contribution in [1.82, 2.24) is 4.98 Å². The van der Waals surface area contributed by atoms with Crippen molar-refractivity contribution in [2.75, 3.05) is 10.6 Å². The highest BCUT2D eigenvalue weighted by molar-refractivity contribution is 7.13. The fraction of sp³-hybridized carbons (Fsp3) is 0.375. The lowest BCUT2D eigenvalue weighted by Gasteiger charge is -2.18. The first-order valence-corrected chi connectivity index (χ1v) is 7.93. The zero-order valence-electron chi connectivity index (χ0n) is 12.9. The molecule has 0 saturated heterocycles. The van der Waals surface area contributed by atoms with Crippen molar-refractivity contribution >= 4 is 28.1 Å². The van der Waals surface area contributed by atoms with Crippen LogP contribution in [0.3, 0.4) is 0 Å². The molecule has 1 amide bonds. The highest BCUT2D eigenvalue weighted by Crippen LogP contribution is 2.18. The number of aryl methyl sites for hydroxylation is 3. The van der Waals surface area contributed by atoms with Gasteiger partial charge in [0, 0.05) is 11.1 Å². The highest BCUT2D eigenvalue weighted by atomic mass is 32.1. The lowest BCUT2D eigenvalue weighted by Crippen LogP contribution is -2.34. The molecule has 4 nitrogen and oxygen atoms in total. The van der Waals surface area contributed by atoms with Crippen molar-refractivity contribution in [2.24, 2.45) is 0 Å². The lowest BCUT2D eigenvalue weighted by molar-refractivity contribution is -0.116. The van der Waals surface area contributed by atoms with Crippen LogP contribution in [0.15, 0.2) is 23.6 Å². The second-order valence-corrected chi connectivity index (χ2v) is 6.12. The summed E-state index contributed by atoms with van der Waals surface area (Å²) in [6, 6.07) is 5.95. The number of anilines is 2. The summed E-state index contributed by atoms with van der Waals surface area (Å²) in [6.07, 6.45) is 0.711. The van der Waals surface area contributed by atoms with Gasteiger partial charge in [-0.2, -0.15) is 0 Å². The van der Waals surface area contributed by atoms with E-state index in [0.29, 0.717) is 11.6 Å². The van der Waals surface area contributed by atoms with E-state index in [-0.39, 0.29) is 11.9 Å². The van der Waals surface area contributed by atoms with Crippen molar-refractivity contribution in [3.8, 4) is 0 Å². The topological polar surface area (TPSA) is 54.0 Å². The summed E-state index contributed by atoms with van der Waals surface area (Å²) in [5.74, 6) is -0.0500. The second kappa shape index (κ2) is 6.72. The average Bonchev–Trinajstić information content (AvgIpc) is 2.80. The Labute approximate surface area is 129 Å². The Hall–Kier alpha value is -1.88. The predicted octanol–water partition coefficient (Wildman–Crippen LogP) is 3.90. The average molecular weight is 303 g/mol. The fourth-order valence-corrected chi connectivity index (χ4v) is 2.91. The molecule has 1 aromatic carbocycles. The molecule has 0 spiro atoms. The Morgan fingerprint density at radius 2 is 1.90 bits per heavy atom. The summed E-state index contributed by atoms with van der Waals surface area (Å²) in [5, 5.41) is 8.75. The van der Waals surface area contributed by atoms with Crippen molar-refractivity contribution in [2.45, 2.75) is 40.2 Å². The van der Waals surface area contributed by atoms with Gasteiger partial charge in [-0.3, -0.25) is 4.79 Å². The van der Waals surface area contributed by atoms with Gasteiger partial charge < -0.3 is 10.6 Å². The lowest BCUT2D eigenvalue weighted by atomic mass is 10.1. The maximum absolute atomic E-state index is 12.3. The molecule has 0 unspecified atom stereocenters. The SMILES string of the molecule is CC[C@@H](Nc1cc(C)cc(C)c1)C(=O)Nc1nc(C)cs1. The molecule has 0 saturated carbocycles. The number of nitrogens with one attached hydrogen (secondary N) is 2. The molecule has 0 aliphatic heterocycles. The van der Waals surface area contributed by atoms with Crippen molar-refractivity contribution < 1.29 is 4.79 Å². The van der Waals surface area contributed by atoms with Gasteiger partial charge in [-0.25, -0.2) is 4.98 Å². The number of amides is 1. The van der Waals surface area contributed by atoms with Crippen LogP contribution in [0.4, 0.5) is 10.8 Å². The zero-order chi connectivity index (χ0) is 15.4. The molecule has 0 aliphatic carbocycles. The first-order valence-electron chi connectivity index (χ1n) is 7.05. The van der Waals surface area contributed by atoms with E-state index in [2.05, 4.69) is 47.7 Å². The molecule has 1 atom stereocenters. The first kappa shape index (κ1) is 15.5. The molecule has 0 bridgehead atoms. The first-order chi connectivity index (χ1) is 9.97. The minimum Gasteiger partial charge on any atom is -0.374 e. The van der Waals surface area contributed by atoms with Crippen molar-refractivity contribution in [3.05, 3.63) is 40.4 Å². The quantitative estimate of drug-likeness (QED) is 0.881. The Morgan fingerprint density at radius 3 is 2.43 bits per heavy atom. The molecule has 0 fully saturated rings. The standard InChI is InChI=1S/C16H21N3OS/c1-5-14(15(20)19-16-17-12(4)9-21-16)18-13-7-10(2)6-11(3)8-13/h6-9,14,18H,5H2,1-4H3,(H,17,19,20)/t14-/m1/s1. The van der Waals surface area contributed by atoms with Crippen LogP contribution in [-0.2, 0) is 4.79 Å². The summed E-state index contributed by atoms with van der Waals surface area (Å²) in [7, 11) is 0. The Bertz CT molecular complexity index is 616. The maximum Gasteiger partial charge on any atom is 0.248 e. The molecular weight excluding hydrogens is 282 g/mol. The molecule has 2 N–H and O–H groups in total. The summed E-state index contributed by atoms with van der Waals surface area (Å²) in [5.41, 5.74) is 4.27. The number of aromatic nitrogens is 1. The molecule has 112 valence electrons. The molecule has 0 aliphatic rings. The van der Waals surface area contributed by atoms with E-state index in [4.69, 9.17) is 0 Å². The highest BCUT2D eigenvalue weighted by Gasteiger charge is 2.17. The number of hydrogen-bond acceptors (Lipinski definition) is 4. The number of nitrogens with zero attached hydrogens (tertiary/aromatic N) is 1. The molecule has 1 aromatic heterocycles. The van der Waals surface area contributed by atoms with E-state index in [1.165, 1.54) is 22.5 Å². The van der Waals surface area contributed by atoms with Crippen LogP contribution < -0.4 is 10.6 Å². The van der Waals surface area contributed by atoms with Crippen LogP contribution in [0, 0.1) is 20.8 Å². The monoisotopic (exact) mass is 303 g/mol. The number of carbonyl (C=O) groups excluding carboxylic acids is 1. The molecule has 5 heteroatoms. The van der Waals surface area contributed by atoms with E-state index in [1.54, 1.807) is 0 Å². The molecule has 0 radical (unpaired) electrons. The summed E-state index contributed by atoms with van der Waals surface area (Å²) >= 11 is 1.45. The molecule has 1 heterocycles. The van der Waals surface area contributed by atoms with Crippen LogP contribution in [0.25, 0.3) is 0 Å². The Balaban J connectivity index is 2.06. The van der Waals surface area contributed by atoms with E-state index in [0.717, 1.165) is 11.4 Å². The zero-order valence-corrected chi connectivity index (χ0v) is 13.7. The van der Waals surface area contributed by atoms with Crippen molar-refractivity contribution in [3.63, 3.8) is 0 Å². The third-order valence-electron chi connectivity index (χ3n) is 3.14. The molecule has 21 heavy (non-hydrogen) atoms. The van der Waals surface area contributed by atoms with Crippen LogP contribution in [-0.4, -0.2) is 16.9 Å². The van der Waals surface area contributed by atoms with Gasteiger partial charge in [0.1, 0.15) is 6.04 Å². The third-order valence-corrected chi connectivity index (χ3v) is 4.01. The second-order valence-electron chi connectivity index (χ2n) is 5.26. The van der Waals surface area contributed by atoms with Gasteiger partial charge in [0.2, 0.25) is 5.91 Å². The molecular formula is C16H21N3OS. The normalized spacial score (nSPS) is 12.0. The molecule has 2 aromatic rings. The van der Waals surface area contributed by atoms with Gasteiger partial charge >= 0.3 is 0 Å². The number of carbonyl (C=O) groups is 1. The van der Waals surface area contributed by atoms with Crippen LogP contribution in [0.2, 0.25) is 0 Å². The van der Waals surface area contributed by atoms with E-state index < -0.39 is 0 Å². The van der Waals surface area contributed by atoms with Crippen molar-refractivity contribution in [1.29, 1.82) is 0 Å². The summed E-state index contributed by atoms with van der Waals surface area (Å²) in [4.78, 5) is 16.6. The minimum absolute atomic E-state index is 0.0500. The smallest absolute Gasteiger partial charge is 0.248 e. The van der Waals surface area contributed by atoms with Crippen LogP contribution >= 0.6 is 11.3 Å². The predicted molar refractivity (Wildman–Crippen MR) is 89.1 cm³/mol. The minimum atomic E-state index is -0.268. The van der Waals surface area contributed by atoms with Crippen LogP contribution in [0.5, 0.6) is 0 Å². The molecule has 2 rings (SSSR count). The van der Waals surface area contributed by atoms with E-state index in [1.807, 2.05) is 19.2 Å². The fourth-order valence-electron chi connectivity index (χ4n) is 2.22. The van der Waals surface area contributed by atoms with Gasteiger partial charge in [-0.05, 0) is 50.5 Å². The van der Waals surface area contributed by atoms with Gasteiger partial charge in [0.05, 0.1) is 5.69 Å².